The van der Waals surface area contributed by atoms with Gasteiger partial charge in [-0.05, 0) is 29.8 Å². The Labute approximate surface area is 115 Å². The summed E-state index contributed by atoms with van der Waals surface area (Å²) in [5.74, 6) is -1.41. The maximum atomic E-state index is 13.1. The first-order valence-corrected chi connectivity index (χ1v) is 7.31. The molecule has 0 fully saturated rings. The largest absolute Gasteiger partial charge is 0.397 e. The molecule has 3 N–H and O–H groups in total. The molecule has 2 aromatic rings. The minimum atomic E-state index is -3.76. The van der Waals surface area contributed by atoms with E-state index in [0.717, 1.165) is 12.1 Å². The van der Waals surface area contributed by atoms with Gasteiger partial charge in [0, 0.05) is 6.07 Å². The van der Waals surface area contributed by atoms with Crippen LogP contribution >= 0.6 is 0 Å². The van der Waals surface area contributed by atoms with Crippen LogP contribution in [0.4, 0.5) is 20.2 Å². The SMILES string of the molecule is Nc1ccc(F)cc1NS(=O)(=O)Cc1ccc(F)cc1. The fraction of sp³-hybridized carbons (Fsp3) is 0.0769. The molecular formula is C13H12F2N2O2S. The van der Waals surface area contributed by atoms with Crippen LogP contribution in [0.1, 0.15) is 5.56 Å². The van der Waals surface area contributed by atoms with Gasteiger partial charge in [-0.2, -0.15) is 0 Å². The summed E-state index contributed by atoms with van der Waals surface area (Å²) < 4.78 is 51.9. The van der Waals surface area contributed by atoms with Gasteiger partial charge in [0.05, 0.1) is 17.1 Å². The summed E-state index contributed by atoms with van der Waals surface area (Å²) in [6, 6.07) is 8.46. The van der Waals surface area contributed by atoms with Crippen LogP contribution in [0.25, 0.3) is 0 Å². The molecule has 7 heteroatoms. The lowest BCUT2D eigenvalue weighted by Crippen LogP contribution is -2.16. The third-order valence-electron chi connectivity index (χ3n) is 2.55. The minimum absolute atomic E-state index is 0.0212. The number of rotatable bonds is 4. The second-order valence-electron chi connectivity index (χ2n) is 4.22. The Morgan fingerprint density at radius 2 is 1.60 bits per heavy atom. The Morgan fingerprint density at radius 3 is 2.25 bits per heavy atom. The van der Waals surface area contributed by atoms with Crippen LogP contribution in [0.5, 0.6) is 0 Å². The molecule has 0 radical (unpaired) electrons. The van der Waals surface area contributed by atoms with E-state index in [0.29, 0.717) is 5.56 Å². The molecule has 0 saturated carbocycles. The second kappa shape index (κ2) is 5.46. The lowest BCUT2D eigenvalue weighted by atomic mass is 10.2. The second-order valence-corrected chi connectivity index (χ2v) is 5.94. The third kappa shape index (κ3) is 3.67. The van der Waals surface area contributed by atoms with Gasteiger partial charge in [-0.3, -0.25) is 4.72 Å². The van der Waals surface area contributed by atoms with Gasteiger partial charge < -0.3 is 5.73 Å². The number of benzene rings is 2. The molecule has 20 heavy (non-hydrogen) atoms. The Morgan fingerprint density at radius 1 is 1.00 bits per heavy atom. The molecule has 0 bridgehead atoms. The van der Waals surface area contributed by atoms with E-state index in [1.54, 1.807) is 0 Å². The molecule has 0 heterocycles. The lowest BCUT2D eigenvalue weighted by Gasteiger charge is -2.10. The van der Waals surface area contributed by atoms with Crippen LogP contribution in [0.15, 0.2) is 42.5 Å². The Hall–Kier alpha value is -2.15. The van der Waals surface area contributed by atoms with E-state index in [-0.39, 0.29) is 17.1 Å². The van der Waals surface area contributed by atoms with E-state index in [9.17, 15) is 17.2 Å². The summed E-state index contributed by atoms with van der Waals surface area (Å²) in [7, 11) is -3.76. The molecule has 0 unspecified atom stereocenters. The smallest absolute Gasteiger partial charge is 0.236 e. The highest BCUT2D eigenvalue weighted by molar-refractivity contribution is 7.91. The zero-order chi connectivity index (χ0) is 14.8. The summed E-state index contributed by atoms with van der Waals surface area (Å²) in [6.45, 7) is 0. The van der Waals surface area contributed by atoms with Crippen molar-refractivity contribution < 1.29 is 17.2 Å². The molecule has 2 aromatic carbocycles. The van der Waals surface area contributed by atoms with Crippen molar-refractivity contribution in [3.8, 4) is 0 Å². The number of halogens is 2. The first-order valence-electron chi connectivity index (χ1n) is 5.66. The van der Waals surface area contributed by atoms with Crippen molar-refractivity contribution >= 4 is 21.4 Å². The van der Waals surface area contributed by atoms with Crippen LogP contribution in [-0.2, 0) is 15.8 Å². The molecular weight excluding hydrogens is 286 g/mol. The summed E-state index contributed by atoms with van der Waals surface area (Å²) in [4.78, 5) is 0. The van der Waals surface area contributed by atoms with Crippen LogP contribution in [-0.4, -0.2) is 8.42 Å². The highest BCUT2D eigenvalue weighted by atomic mass is 32.2. The number of nitrogen functional groups attached to an aromatic ring is 1. The van der Waals surface area contributed by atoms with E-state index in [1.807, 2.05) is 0 Å². The maximum absolute atomic E-state index is 13.1. The quantitative estimate of drug-likeness (QED) is 0.852. The highest BCUT2D eigenvalue weighted by Crippen LogP contribution is 2.21. The van der Waals surface area contributed by atoms with Gasteiger partial charge in [0.15, 0.2) is 0 Å². The van der Waals surface area contributed by atoms with Crippen molar-refractivity contribution in [2.24, 2.45) is 0 Å². The molecule has 0 atom stereocenters. The normalized spacial score (nSPS) is 11.3. The number of sulfonamides is 1. The number of hydrogen-bond donors (Lipinski definition) is 2. The minimum Gasteiger partial charge on any atom is -0.397 e. The molecule has 0 amide bonds. The van der Waals surface area contributed by atoms with Crippen molar-refractivity contribution in [3.63, 3.8) is 0 Å². The number of anilines is 2. The van der Waals surface area contributed by atoms with Crippen LogP contribution < -0.4 is 10.5 Å². The monoisotopic (exact) mass is 298 g/mol. The van der Waals surface area contributed by atoms with E-state index >= 15 is 0 Å². The third-order valence-corrected chi connectivity index (χ3v) is 3.80. The summed E-state index contributed by atoms with van der Waals surface area (Å²) in [6.07, 6.45) is 0. The molecule has 0 aromatic heterocycles. The zero-order valence-corrected chi connectivity index (χ0v) is 11.1. The molecule has 4 nitrogen and oxygen atoms in total. The topological polar surface area (TPSA) is 72.2 Å². The average Bonchev–Trinajstić information content (AvgIpc) is 2.36. The molecule has 106 valence electrons. The fourth-order valence-corrected chi connectivity index (χ4v) is 2.84. The standard InChI is InChI=1S/C13H12F2N2O2S/c14-10-3-1-9(2-4-10)8-20(18,19)17-13-7-11(15)5-6-12(13)16/h1-7,17H,8,16H2. The van der Waals surface area contributed by atoms with Crippen molar-refractivity contribution in [2.75, 3.05) is 10.5 Å². The van der Waals surface area contributed by atoms with Crippen LogP contribution in [0.3, 0.4) is 0 Å². The molecule has 0 aliphatic carbocycles. The van der Waals surface area contributed by atoms with Gasteiger partial charge in [0.25, 0.3) is 0 Å². The van der Waals surface area contributed by atoms with Crippen molar-refractivity contribution in [2.45, 2.75) is 5.75 Å². The van der Waals surface area contributed by atoms with Gasteiger partial charge in [-0.1, -0.05) is 12.1 Å². The van der Waals surface area contributed by atoms with E-state index in [1.165, 1.54) is 30.3 Å². The van der Waals surface area contributed by atoms with Gasteiger partial charge in [-0.25, -0.2) is 17.2 Å². The molecule has 2 rings (SSSR count). The van der Waals surface area contributed by atoms with Gasteiger partial charge in [0.1, 0.15) is 11.6 Å². The van der Waals surface area contributed by atoms with Crippen molar-refractivity contribution in [3.05, 3.63) is 59.7 Å². The van der Waals surface area contributed by atoms with Gasteiger partial charge >= 0.3 is 0 Å². The lowest BCUT2D eigenvalue weighted by molar-refractivity contribution is 0.599. The number of nitrogens with two attached hydrogens (primary N) is 1. The van der Waals surface area contributed by atoms with E-state index in [2.05, 4.69) is 4.72 Å². The molecule has 0 saturated heterocycles. The first kappa shape index (κ1) is 14.3. The van der Waals surface area contributed by atoms with E-state index in [4.69, 9.17) is 5.73 Å². The highest BCUT2D eigenvalue weighted by Gasteiger charge is 2.14. The van der Waals surface area contributed by atoms with Gasteiger partial charge in [-0.15, -0.1) is 0 Å². The van der Waals surface area contributed by atoms with E-state index < -0.39 is 21.7 Å². The molecule has 0 aliphatic heterocycles. The summed E-state index contributed by atoms with van der Waals surface area (Å²) in [5, 5.41) is 0. The van der Waals surface area contributed by atoms with Crippen LogP contribution in [0, 0.1) is 11.6 Å². The molecule has 0 aliphatic rings. The number of hydrogen-bond acceptors (Lipinski definition) is 3. The fourth-order valence-electron chi connectivity index (χ4n) is 1.62. The molecule has 0 spiro atoms. The number of nitrogens with one attached hydrogen (secondary N) is 1. The zero-order valence-electron chi connectivity index (χ0n) is 10.3. The summed E-state index contributed by atoms with van der Waals surface area (Å²) >= 11 is 0. The van der Waals surface area contributed by atoms with Crippen LogP contribution in [0.2, 0.25) is 0 Å². The Bertz CT molecular complexity index is 716. The van der Waals surface area contributed by atoms with Crippen molar-refractivity contribution in [1.29, 1.82) is 0 Å². The Kier molecular flexibility index (Phi) is 3.89. The first-order chi connectivity index (χ1) is 9.35. The van der Waals surface area contributed by atoms with Gasteiger partial charge in [0.2, 0.25) is 10.0 Å². The average molecular weight is 298 g/mol. The predicted octanol–water partition coefficient (Wildman–Crippen LogP) is 2.49. The predicted molar refractivity (Wildman–Crippen MR) is 73.5 cm³/mol. The summed E-state index contributed by atoms with van der Waals surface area (Å²) in [5.41, 5.74) is 6.08. The Balaban J connectivity index is 2.19. The maximum Gasteiger partial charge on any atom is 0.236 e. The van der Waals surface area contributed by atoms with Crippen molar-refractivity contribution in [1.82, 2.24) is 0 Å².